The second-order valence-corrected chi connectivity index (χ2v) is 6.66. The maximum atomic E-state index is 12.6. The van der Waals surface area contributed by atoms with Crippen LogP contribution >= 0.6 is 0 Å². The van der Waals surface area contributed by atoms with E-state index < -0.39 is 24.7 Å². The molecule has 0 aromatic carbocycles. The molecule has 9 heteroatoms. The fourth-order valence-corrected chi connectivity index (χ4v) is 3.21. The second-order valence-electron chi connectivity index (χ2n) is 6.66. The quantitative estimate of drug-likeness (QED) is 0.834. The second kappa shape index (κ2) is 7.58. The summed E-state index contributed by atoms with van der Waals surface area (Å²) >= 11 is 0. The molecule has 2 fully saturated rings. The third-order valence-corrected chi connectivity index (χ3v) is 4.33. The van der Waals surface area contributed by atoms with Crippen molar-refractivity contribution in [2.24, 2.45) is 0 Å². The lowest BCUT2D eigenvalue weighted by atomic mass is 10.0. The van der Waals surface area contributed by atoms with Crippen LogP contribution in [0.15, 0.2) is 0 Å². The lowest BCUT2D eigenvalue weighted by molar-refractivity contribution is -0.168. The van der Waals surface area contributed by atoms with Gasteiger partial charge in [-0.1, -0.05) is 0 Å². The van der Waals surface area contributed by atoms with Gasteiger partial charge in [0.2, 0.25) is 5.91 Å². The molecular formula is C15H25F3N4O2. The van der Waals surface area contributed by atoms with Gasteiger partial charge in [-0.25, -0.2) is 4.79 Å². The number of urea groups is 1. The van der Waals surface area contributed by atoms with Gasteiger partial charge in [0, 0.05) is 38.8 Å². The molecule has 0 saturated carbocycles. The summed E-state index contributed by atoms with van der Waals surface area (Å²) in [5.74, 6) is -0.446. The van der Waals surface area contributed by atoms with Crippen molar-refractivity contribution in [1.82, 2.24) is 20.0 Å². The van der Waals surface area contributed by atoms with E-state index in [0.717, 1.165) is 4.90 Å². The first-order valence-corrected chi connectivity index (χ1v) is 8.32. The van der Waals surface area contributed by atoms with E-state index in [4.69, 9.17) is 0 Å². The first kappa shape index (κ1) is 18.8. The van der Waals surface area contributed by atoms with Gasteiger partial charge >= 0.3 is 12.2 Å². The predicted molar refractivity (Wildman–Crippen MR) is 82.5 cm³/mol. The van der Waals surface area contributed by atoms with Crippen LogP contribution in [-0.2, 0) is 4.79 Å². The lowest BCUT2D eigenvalue weighted by Crippen LogP contribution is -2.60. The molecule has 0 aromatic heterocycles. The van der Waals surface area contributed by atoms with Gasteiger partial charge in [-0.15, -0.1) is 0 Å². The highest BCUT2D eigenvalue weighted by Crippen LogP contribution is 2.23. The number of hydrogen-bond donors (Lipinski definition) is 1. The number of nitrogens with one attached hydrogen (secondary N) is 1. The number of carbonyl (C=O) groups excluding carboxylic acids is 2. The van der Waals surface area contributed by atoms with Gasteiger partial charge in [0.05, 0.1) is 6.04 Å². The molecule has 6 nitrogen and oxygen atoms in total. The smallest absolute Gasteiger partial charge is 0.336 e. The highest BCUT2D eigenvalue weighted by Gasteiger charge is 2.40. The molecule has 2 aliphatic rings. The summed E-state index contributed by atoms with van der Waals surface area (Å²) in [6, 6.07) is -0.596. The number of carbonyl (C=O) groups is 2. The molecule has 1 atom stereocenters. The molecule has 3 amide bonds. The Kier molecular flexibility index (Phi) is 5.95. The van der Waals surface area contributed by atoms with Crippen molar-refractivity contribution in [2.75, 3.05) is 39.3 Å². The zero-order chi connectivity index (χ0) is 17.9. The van der Waals surface area contributed by atoms with Crippen molar-refractivity contribution in [3.63, 3.8) is 0 Å². The SMILES string of the molecule is CC(C)NC(=O)N1CCN([C@@H]2CCCN(CC(F)(F)F)C2=O)CC1. The molecule has 2 heterocycles. The summed E-state index contributed by atoms with van der Waals surface area (Å²) in [5, 5.41) is 2.82. The number of amides is 3. The average Bonchev–Trinajstić information content (AvgIpc) is 2.47. The molecule has 24 heavy (non-hydrogen) atoms. The van der Waals surface area contributed by atoms with E-state index in [2.05, 4.69) is 5.32 Å². The Morgan fingerprint density at radius 3 is 2.38 bits per heavy atom. The van der Waals surface area contributed by atoms with E-state index in [-0.39, 0.29) is 18.6 Å². The van der Waals surface area contributed by atoms with Gasteiger partial charge < -0.3 is 15.1 Å². The minimum absolute atomic E-state index is 0.0476. The zero-order valence-electron chi connectivity index (χ0n) is 14.1. The maximum absolute atomic E-state index is 12.6. The number of piperazine rings is 1. The van der Waals surface area contributed by atoms with Crippen molar-refractivity contribution >= 4 is 11.9 Å². The minimum Gasteiger partial charge on any atom is -0.336 e. The highest BCUT2D eigenvalue weighted by molar-refractivity contribution is 5.82. The maximum Gasteiger partial charge on any atom is 0.406 e. The summed E-state index contributed by atoms with van der Waals surface area (Å²) in [4.78, 5) is 28.8. The normalized spacial score (nSPS) is 23.8. The van der Waals surface area contributed by atoms with E-state index in [1.54, 1.807) is 4.90 Å². The van der Waals surface area contributed by atoms with Crippen LogP contribution in [0.5, 0.6) is 0 Å². The van der Waals surface area contributed by atoms with Gasteiger partial charge in [0.15, 0.2) is 0 Å². The Labute approximate surface area is 139 Å². The number of alkyl halides is 3. The number of piperidine rings is 1. The van der Waals surface area contributed by atoms with Crippen LogP contribution in [0.2, 0.25) is 0 Å². The summed E-state index contributed by atoms with van der Waals surface area (Å²) in [7, 11) is 0. The van der Waals surface area contributed by atoms with E-state index in [0.29, 0.717) is 39.0 Å². The Bertz CT molecular complexity index is 462. The predicted octanol–water partition coefficient (Wildman–Crippen LogP) is 1.28. The van der Waals surface area contributed by atoms with Crippen LogP contribution in [0, 0.1) is 0 Å². The number of likely N-dealkylation sites (tertiary alicyclic amines) is 1. The van der Waals surface area contributed by atoms with E-state index in [9.17, 15) is 22.8 Å². The van der Waals surface area contributed by atoms with Crippen molar-refractivity contribution in [3.8, 4) is 0 Å². The topological polar surface area (TPSA) is 55.9 Å². The standard InChI is InChI=1S/C15H25F3N4O2/c1-11(2)19-14(24)21-8-6-20(7-9-21)12-4-3-5-22(13(12)23)10-15(16,17)18/h11-12H,3-10H2,1-2H3,(H,19,24)/t12-/m1/s1. The number of halogens is 3. The third kappa shape index (κ3) is 4.99. The van der Waals surface area contributed by atoms with Crippen LogP contribution in [0.1, 0.15) is 26.7 Å². The summed E-state index contributed by atoms with van der Waals surface area (Å²) in [6.07, 6.45) is -3.23. The molecule has 0 aliphatic carbocycles. The Morgan fingerprint density at radius 2 is 1.83 bits per heavy atom. The molecule has 2 saturated heterocycles. The van der Waals surface area contributed by atoms with Crippen LogP contribution in [0.4, 0.5) is 18.0 Å². The number of nitrogens with zero attached hydrogens (tertiary/aromatic N) is 3. The molecule has 0 spiro atoms. The molecule has 0 radical (unpaired) electrons. The molecule has 0 unspecified atom stereocenters. The average molecular weight is 350 g/mol. The van der Waals surface area contributed by atoms with Crippen molar-refractivity contribution in [2.45, 2.75) is 44.9 Å². The Balaban J connectivity index is 1.89. The minimum atomic E-state index is -4.37. The van der Waals surface area contributed by atoms with Crippen molar-refractivity contribution in [1.29, 1.82) is 0 Å². The van der Waals surface area contributed by atoms with Crippen LogP contribution in [-0.4, -0.2) is 84.2 Å². The first-order valence-electron chi connectivity index (χ1n) is 8.32. The van der Waals surface area contributed by atoms with E-state index in [1.165, 1.54) is 0 Å². The van der Waals surface area contributed by atoms with Crippen LogP contribution in [0.3, 0.4) is 0 Å². The molecule has 138 valence electrons. The Hall–Kier alpha value is -1.51. The number of hydrogen-bond acceptors (Lipinski definition) is 3. The fraction of sp³-hybridized carbons (Fsp3) is 0.867. The van der Waals surface area contributed by atoms with Gasteiger partial charge in [0.1, 0.15) is 6.54 Å². The summed E-state index contributed by atoms with van der Waals surface area (Å²) < 4.78 is 37.7. The number of rotatable bonds is 3. The summed E-state index contributed by atoms with van der Waals surface area (Å²) in [5.41, 5.74) is 0. The molecule has 2 rings (SSSR count). The van der Waals surface area contributed by atoms with Gasteiger partial charge in [-0.05, 0) is 26.7 Å². The molecule has 0 bridgehead atoms. The lowest BCUT2D eigenvalue weighted by Gasteiger charge is -2.42. The molecule has 2 aliphatic heterocycles. The third-order valence-electron chi connectivity index (χ3n) is 4.33. The van der Waals surface area contributed by atoms with Gasteiger partial charge in [-0.3, -0.25) is 9.69 Å². The highest BCUT2D eigenvalue weighted by atomic mass is 19.4. The Morgan fingerprint density at radius 1 is 1.21 bits per heavy atom. The van der Waals surface area contributed by atoms with Gasteiger partial charge in [-0.2, -0.15) is 13.2 Å². The largest absolute Gasteiger partial charge is 0.406 e. The van der Waals surface area contributed by atoms with Gasteiger partial charge in [0.25, 0.3) is 0 Å². The van der Waals surface area contributed by atoms with Crippen molar-refractivity contribution < 1.29 is 22.8 Å². The molecule has 0 aromatic rings. The molecule has 1 N–H and O–H groups in total. The zero-order valence-corrected chi connectivity index (χ0v) is 14.1. The molecular weight excluding hydrogens is 325 g/mol. The fourth-order valence-electron chi connectivity index (χ4n) is 3.21. The summed E-state index contributed by atoms with van der Waals surface area (Å²) in [6.45, 7) is 4.69. The van der Waals surface area contributed by atoms with Crippen LogP contribution in [0.25, 0.3) is 0 Å². The van der Waals surface area contributed by atoms with Crippen molar-refractivity contribution in [3.05, 3.63) is 0 Å². The first-order chi connectivity index (χ1) is 11.2. The van der Waals surface area contributed by atoms with E-state index in [1.807, 2.05) is 18.7 Å². The monoisotopic (exact) mass is 350 g/mol. The van der Waals surface area contributed by atoms with E-state index >= 15 is 0 Å². The van der Waals surface area contributed by atoms with Crippen LogP contribution < -0.4 is 5.32 Å².